The number of hydrogen-bond donors (Lipinski definition) is 2. The van der Waals surface area contributed by atoms with Gasteiger partial charge in [0.2, 0.25) is 0 Å². The van der Waals surface area contributed by atoms with E-state index in [9.17, 15) is 19.8 Å². The second kappa shape index (κ2) is 11.9. The van der Waals surface area contributed by atoms with Crippen molar-refractivity contribution in [2.45, 2.75) is 39.8 Å². The Morgan fingerprint density at radius 3 is 2.41 bits per heavy atom. The molecule has 1 fully saturated rings. The first-order valence-electron chi connectivity index (χ1n) is 12.9. The number of amides is 1. The third-order valence-electron chi connectivity index (χ3n) is 6.58. The number of para-hydroxylation sites is 1. The molecule has 8 nitrogen and oxygen atoms in total. The predicted octanol–water partition coefficient (Wildman–Crippen LogP) is 5.52. The maximum Gasteiger partial charge on any atom is 0.295 e. The van der Waals surface area contributed by atoms with Gasteiger partial charge in [0, 0.05) is 11.1 Å². The Bertz CT molecular complexity index is 1410. The number of carbonyl (C=O) groups excluding carboxylic acids is 2. The van der Waals surface area contributed by atoms with Crippen LogP contribution < -0.4 is 14.2 Å². The summed E-state index contributed by atoms with van der Waals surface area (Å²) in [6, 6.07) is 16.1. The first kappa shape index (κ1) is 27.6. The Morgan fingerprint density at radius 1 is 0.949 bits per heavy atom. The van der Waals surface area contributed by atoms with Crippen LogP contribution in [0.3, 0.4) is 0 Å². The lowest BCUT2D eigenvalue weighted by Crippen LogP contribution is -2.29. The lowest BCUT2D eigenvalue weighted by Gasteiger charge is -2.26. The van der Waals surface area contributed by atoms with E-state index in [0.29, 0.717) is 41.4 Å². The summed E-state index contributed by atoms with van der Waals surface area (Å²) in [5.41, 5.74) is 2.33. The number of hydrogen-bond acceptors (Lipinski definition) is 7. The molecule has 0 aromatic heterocycles. The summed E-state index contributed by atoms with van der Waals surface area (Å²) in [7, 11) is 1.54. The summed E-state index contributed by atoms with van der Waals surface area (Å²) < 4.78 is 16.8. The summed E-state index contributed by atoms with van der Waals surface area (Å²) in [6.07, 6.45) is 0.854. The number of aliphatic hydroxyl groups is 1. The fourth-order valence-corrected chi connectivity index (χ4v) is 4.70. The highest BCUT2D eigenvalue weighted by molar-refractivity contribution is 6.46. The van der Waals surface area contributed by atoms with Gasteiger partial charge in [-0.1, -0.05) is 31.2 Å². The molecule has 1 heterocycles. The number of ether oxygens (including phenoxy) is 3. The molecule has 3 aromatic rings. The molecule has 1 aliphatic rings. The van der Waals surface area contributed by atoms with Crippen LogP contribution in [0.2, 0.25) is 0 Å². The first-order valence-corrected chi connectivity index (χ1v) is 12.9. The van der Waals surface area contributed by atoms with Gasteiger partial charge in [-0.3, -0.25) is 9.59 Å². The minimum Gasteiger partial charge on any atom is -0.507 e. The number of aliphatic hydroxyl groups excluding tert-OH is 1. The zero-order valence-electron chi connectivity index (χ0n) is 22.6. The third kappa shape index (κ3) is 5.55. The molecular weight excluding hydrogens is 498 g/mol. The number of ketones is 1. The quantitative estimate of drug-likeness (QED) is 0.202. The van der Waals surface area contributed by atoms with Gasteiger partial charge in [0.1, 0.15) is 17.3 Å². The van der Waals surface area contributed by atoms with Crippen molar-refractivity contribution in [3.63, 3.8) is 0 Å². The lowest BCUT2D eigenvalue weighted by atomic mass is 9.94. The van der Waals surface area contributed by atoms with E-state index in [1.54, 1.807) is 43.3 Å². The van der Waals surface area contributed by atoms with E-state index in [0.717, 1.165) is 12.0 Å². The topological polar surface area (TPSA) is 106 Å². The van der Waals surface area contributed by atoms with Crippen LogP contribution in [-0.4, -0.2) is 47.1 Å². The molecule has 2 N–H and O–H groups in total. The minimum atomic E-state index is -0.939. The standard InChI is InChI=1S/C31H33NO7/c1-5-15-39-24-14-12-21(16-19(24)3)29(34)27-28(20-11-13-23(33)26(17-20)38-6-2)32(31(36)30(27)35)18-22-9-7-8-10-25(22)37-4/h7-14,16-17,28,33-34H,5-6,15,18H2,1-4H3/b29-27-. The Balaban J connectivity index is 1.87. The number of benzene rings is 3. The zero-order valence-corrected chi connectivity index (χ0v) is 22.6. The Hall–Kier alpha value is -4.46. The molecule has 1 aliphatic heterocycles. The number of aromatic hydroxyl groups is 1. The Morgan fingerprint density at radius 2 is 1.72 bits per heavy atom. The van der Waals surface area contributed by atoms with Crippen molar-refractivity contribution in [1.82, 2.24) is 4.90 Å². The molecule has 0 bridgehead atoms. The molecule has 0 spiro atoms. The second-order valence-electron chi connectivity index (χ2n) is 9.23. The molecule has 204 valence electrons. The van der Waals surface area contributed by atoms with Crippen molar-refractivity contribution < 1.29 is 34.0 Å². The molecule has 1 saturated heterocycles. The molecule has 1 atom stereocenters. The van der Waals surface area contributed by atoms with Gasteiger partial charge in [0.15, 0.2) is 11.5 Å². The third-order valence-corrected chi connectivity index (χ3v) is 6.58. The molecule has 8 heteroatoms. The van der Waals surface area contributed by atoms with Crippen molar-refractivity contribution in [1.29, 1.82) is 0 Å². The Labute approximate surface area is 228 Å². The van der Waals surface area contributed by atoms with E-state index in [4.69, 9.17) is 14.2 Å². The van der Waals surface area contributed by atoms with Crippen LogP contribution in [0.4, 0.5) is 0 Å². The van der Waals surface area contributed by atoms with E-state index in [2.05, 4.69) is 0 Å². The van der Waals surface area contributed by atoms with Crippen LogP contribution in [-0.2, 0) is 16.1 Å². The maximum absolute atomic E-state index is 13.5. The SMILES string of the molecule is CCCOc1ccc(/C(O)=C2/C(=O)C(=O)N(Cc3ccccc3OC)C2c2ccc(O)c(OCC)c2)cc1C. The molecule has 1 unspecified atom stereocenters. The van der Waals surface area contributed by atoms with E-state index in [1.165, 1.54) is 18.1 Å². The van der Waals surface area contributed by atoms with E-state index < -0.39 is 17.7 Å². The highest BCUT2D eigenvalue weighted by atomic mass is 16.5. The number of Topliss-reactive ketones (excluding diaryl/α,β-unsaturated/α-hetero) is 1. The monoisotopic (exact) mass is 531 g/mol. The second-order valence-corrected chi connectivity index (χ2v) is 9.23. The zero-order chi connectivity index (χ0) is 28.1. The molecule has 0 aliphatic carbocycles. The summed E-state index contributed by atoms with van der Waals surface area (Å²) in [4.78, 5) is 28.3. The minimum absolute atomic E-state index is 0.0512. The fraction of sp³-hybridized carbons (Fsp3) is 0.290. The number of phenols is 1. The average molecular weight is 532 g/mol. The summed E-state index contributed by atoms with van der Waals surface area (Å²) in [6.45, 7) is 6.58. The normalized spacial score (nSPS) is 16.4. The van der Waals surface area contributed by atoms with E-state index >= 15 is 0 Å². The van der Waals surface area contributed by atoms with Gasteiger partial charge in [0.05, 0.1) is 38.5 Å². The largest absolute Gasteiger partial charge is 0.507 e. The lowest BCUT2D eigenvalue weighted by molar-refractivity contribution is -0.140. The summed E-state index contributed by atoms with van der Waals surface area (Å²) >= 11 is 0. The highest BCUT2D eigenvalue weighted by Crippen LogP contribution is 2.43. The van der Waals surface area contributed by atoms with Gasteiger partial charge in [-0.05, 0) is 67.8 Å². The molecule has 0 radical (unpaired) electrons. The number of likely N-dealkylation sites (tertiary alicyclic amines) is 1. The van der Waals surface area contributed by atoms with Gasteiger partial charge in [-0.15, -0.1) is 0 Å². The van der Waals surface area contributed by atoms with Gasteiger partial charge >= 0.3 is 0 Å². The van der Waals surface area contributed by atoms with Gasteiger partial charge in [-0.25, -0.2) is 0 Å². The predicted molar refractivity (Wildman–Crippen MR) is 147 cm³/mol. The smallest absolute Gasteiger partial charge is 0.295 e. The van der Waals surface area contributed by atoms with Crippen LogP contribution >= 0.6 is 0 Å². The van der Waals surface area contributed by atoms with Gasteiger partial charge in [0.25, 0.3) is 11.7 Å². The van der Waals surface area contributed by atoms with Crippen molar-refractivity contribution in [2.24, 2.45) is 0 Å². The van der Waals surface area contributed by atoms with Crippen molar-refractivity contribution in [3.05, 3.63) is 88.5 Å². The van der Waals surface area contributed by atoms with Crippen molar-refractivity contribution >= 4 is 17.4 Å². The first-order chi connectivity index (χ1) is 18.8. The molecule has 3 aromatic carbocycles. The number of methoxy groups -OCH3 is 1. The van der Waals surface area contributed by atoms with Gasteiger partial charge in [-0.2, -0.15) is 0 Å². The van der Waals surface area contributed by atoms with Crippen LogP contribution in [0.15, 0.2) is 66.2 Å². The molecule has 0 saturated carbocycles. The van der Waals surface area contributed by atoms with Crippen molar-refractivity contribution in [2.75, 3.05) is 20.3 Å². The average Bonchev–Trinajstić information content (AvgIpc) is 3.18. The molecule has 4 rings (SSSR count). The Kier molecular flexibility index (Phi) is 8.44. The maximum atomic E-state index is 13.5. The molecule has 39 heavy (non-hydrogen) atoms. The number of phenolic OH excluding ortho intramolecular Hbond substituents is 1. The van der Waals surface area contributed by atoms with Crippen LogP contribution in [0, 0.1) is 6.92 Å². The molecular formula is C31H33NO7. The summed E-state index contributed by atoms with van der Waals surface area (Å²) in [5, 5.41) is 21.8. The highest BCUT2D eigenvalue weighted by Gasteiger charge is 2.46. The number of rotatable bonds is 10. The fourth-order valence-electron chi connectivity index (χ4n) is 4.70. The van der Waals surface area contributed by atoms with Crippen LogP contribution in [0.25, 0.3) is 5.76 Å². The van der Waals surface area contributed by atoms with Gasteiger partial charge < -0.3 is 29.3 Å². The van der Waals surface area contributed by atoms with Crippen molar-refractivity contribution in [3.8, 4) is 23.0 Å². The van der Waals surface area contributed by atoms with Crippen LogP contribution in [0.5, 0.6) is 23.0 Å². The van der Waals surface area contributed by atoms with E-state index in [-0.39, 0.29) is 29.4 Å². The number of carbonyl (C=O) groups is 2. The summed E-state index contributed by atoms with van der Waals surface area (Å²) in [5.74, 6) is -0.456. The van der Waals surface area contributed by atoms with Crippen LogP contribution in [0.1, 0.15) is 48.6 Å². The number of nitrogens with zero attached hydrogens (tertiary/aromatic N) is 1. The number of aryl methyl sites for hydroxylation is 1. The van der Waals surface area contributed by atoms with E-state index in [1.807, 2.05) is 32.0 Å². The molecule has 1 amide bonds.